The number of anilines is 1. The average molecular weight is 575 g/mol. The second-order valence-electron chi connectivity index (χ2n) is 9.01. The van der Waals surface area contributed by atoms with Crippen molar-refractivity contribution in [1.82, 2.24) is 24.6 Å². The van der Waals surface area contributed by atoms with E-state index in [1.54, 1.807) is 19.6 Å². The number of methoxy groups -OCH3 is 1. The summed E-state index contributed by atoms with van der Waals surface area (Å²) in [5, 5.41) is 16.7. The summed E-state index contributed by atoms with van der Waals surface area (Å²) in [4.78, 5) is 35.6. The second-order valence-corrected chi connectivity index (χ2v) is 10.9. The molecule has 3 aromatic rings. The minimum absolute atomic E-state index is 0.00847. The maximum atomic E-state index is 11.9. The minimum atomic E-state index is -3.28. The number of aromatic amines is 1. The highest BCUT2D eigenvalue weighted by molar-refractivity contribution is 7.88. The Hall–Kier alpha value is -4.01. The van der Waals surface area contributed by atoms with Gasteiger partial charge in [0.05, 0.1) is 19.1 Å². The van der Waals surface area contributed by atoms with Gasteiger partial charge in [0.1, 0.15) is 6.33 Å². The van der Waals surface area contributed by atoms with Gasteiger partial charge in [0.15, 0.2) is 11.6 Å². The van der Waals surface area contributed by atoms with Crippen molar-refractivity contribution in [3.05, 3.63) is 60.2 Å². The Balaban J connectivity index is 0.000000482. The van der Waals surface area contributed by atoms with Crippen LogP contribution < -0.4 is 14.4 Å². The molecule has 0 bridgehead atoms. The van der Waals surface area contributed by atoms with Crippen molar-refractivity contribution >= 4 is 38.7 Å². The highest BCUT2D eigenvalue weighted by Crippen LogP contribution is 2.25. The first-order valence-corrected chi connectivity index (χ1v) is 14.2. The zero-order valence-corrected chi connectivity index (χ0v) is 23.2. The van der Waals surface area contributed by atoms with Gasteiger partial charge in [0.25, 0.3) is 0 Å². The molecule has 0 atom stereocenters. The van der Waals surface area contributed by atoms with E-state index < -0.39 is 22.0 Å². The lowest BCUT2D eigenvalue weighted by Crippen LogP contribution is -2.47. The van der Waals surface area contributed by atoms with E-state index in [4.69, 9.17) is 14.9 Å². The van der Waals surface area contributed by atoms with E-state index in [9.17, 15) is 18.0 Å². The summed E-state index contributed by atoms with van der Waals surface area (Å²) in [6.45, 7) is 4.79. The van der Waals surface area contributed by atoms with Gasteiger partial charge < -0.3 is 24.8 Å². The second kappa shape index (κ2) is 14.4. The summed E-state index contributed by atoms with van der Waals surface area (Å²) in [6, 6.07) is 5.81. The van der Waals surface area contributed by atoms with Gasteiger partial charge >= 0.3 is 11.9 Å². The van der Waals surface area contributed by atoms with Crippen LogP contribution in [0.1, 0.15) is 17.5 Å². The highest BCUT2D eigenvalue weighted by Gasteiger charge is 2.20. The molecule has 40 heavy (non-hydrogen) atoms. The maximum absolute atomic E-state index is 11.9. The molecule has 1 fully saturated rings. The molecular formula is C26H34N6O7S. The number of carboxylic acids is 2. The van der Waals surface area contributed by atoms with Crippen LogP contribution in [0.4, 0.5) is 5.82 Å². The van der Waals surface area contributed by atoms with Gasteiger partial charge in [-0.25, -0.2) is 32.7 Å². The molecule has 1 aliphatic rings. The molecular weight excluding hydrogens is 540 g/mol. The minimum Gasteiger partial charge on any atom is -0.491 e. The summed E-state index contributed by atoms with van der Waals surface area (Å²) < 4.78 is 31.5. The SMILES string of the molecule is CNS(=O)(=O)Cc1ccc2[nH]cc(CCCN3CCN(c4ncncc4OC)CC3)c2c1.O=C(O)/C=C/C(=O)O. The van der Waals surface area contributed by atoms with E-state index in [2.05, 4.69) is 29.5 Å². The lowest BCUT2D eigenvalue weighted by Gasteiger charge is -2.35. The Morgan fingerprint density at radius 1 is 1.15 bits per heavy atom. The number of rotatable bonds is 11. The van der Waals surface area contributed by atoms with E-state index in [0.717, 1.165) is 67.8 Å². The Bertz CT molecular complexity index is 1420. The van der Waals surface area contributed by atoms with Crippen molar-refractivity contribution in [1.29, 1.82) is 0 Å². The van der Waals surface area contributed by atoms with Crippen molar-refractivity contribution in [2.75, 3.05) is 51.8 Å². The Kier molecular flexibility index (Phi) is 11.0. The molecule has 0 radical (unpaired) electrons. The number of benzene rings is 1. The fraction of sp³-hybridized carbons (Fsp3) is 0.385. The molecule has 0 aliphatic carbocycles. The molecule has 4 N–H and O–H groups in total. The number of carbonyl (C=O) groups is 2. The number of hydrogen-bond acceptors (Lipinski definition) is 9. The van der Waals surface area contributed by atoms with Gasteiger partial charge in [-0.15, -0.1) is 0 Å². The Morgan fingerprint density at radius 3 is 2.48 bits per heavy atom. The summed E-state index contributed by atoms with van der Waals surface area (Å²) in [5.41, 5.74) is 3.06. The number of hydrogen-bond donors (Lipinski definition) is 4. The van der Waals surface area contributed by atoms with Crippen molar-refractivity contribution in [3.63, 3.8) is 0 Å². The molecule has 13 nitrogen and oxygen atoms in total. The predicted molar refractivity (Wildman–Crippen MR) is 150 cm³/mol. The number of piperazine rings is 1. The molecule has 0 unspecified atom stereocenters. The summed E-state index contributed by atoms with van der Waals surface area (Å²) >= 11 is 0. The molecule has 1 aromatic carbocycles. The van der Waals surface area contributed by atoms with E-state index in [1.807, 2.05) is 24.4 Å². The van der Waals surface area contributed by atoms with Crippen molar-refractivity contribution in [2.24, 2.45) is 0 Å². The van der Waals surface area contributed by atoms with Crippen LogP contribution in [0.25, 0.3) is 10.9 Å². The van der Waals surface area contributed by atoms with Gasteiger partial charge in [-0.3, -0.25) is 4.90 Å². The first-order valence-electron chi connectivity index (χ1n) is 12.6. The van der Waals surface area contributed by atoms with Crippen LogP contribution in [0, 0.1) is 0 Å². The summed E-state index contributed by atoms with van der Waals surface area (Å²) in [5.74, 6) is -0.954. The predicted octanol–water partition coefficient (Wildman–Crippen LogP) is 1.48. The lowest BCUT2D eigenvalue weighted by molar-refractivity contribution is -0.134. The van der Waals surface area contributed by atoms with Crippen LogP contribution in [0.5, 0.6) is 5.75 Å². The number of nitrogens with one attached hydrogen (secondary N) is 2. The number of carboxylic acid groups (broad SMARTS) is 2. The van der Waals surface area contributed by atoms with Gasteiger partial charge in [-0.2, -0.15) is 0 Å². The Labute approximate surface area is 232 Å². The molecule has 2 aromatic heterocycles. The van der Waals surface area contributed by atoms with Crippen LogP contribution in [-0.2, 0) is 31.8 Å². The van der Waals surface area contributed by atoms with Crippen LogP contribution in [0.15, 0.2) is 49.1 Å². The van der Waals surface area contributed by atoms with Crippen molar-refractivity contribution < 1.29 is 33.0 Å². The van der Waals surface area contributed by atoms with Gasteiger partial charge in [-0.1, -0.05) is 6.07 Å². The number of sulfonamides is 1. The van der Waals surface area contributed by atoms with Gasteiger partial charge in [-0.05, 0) is 49.7 Å². The van der Waals surface area contributed by atoms with E-state index >= 15 is 0 Å². The third-order valence-electron chi connectivity index (χ3n) is 6.34. The highest BCUT2D eigenvalue weighted by atomic mass is 32.2. The fourth-order valence-corrected chi connectivity index (χ4v) is 5.09. The standard InChI is InChI=1S/C22H30N6O3S.C4H4O4/c1-23-32(29,30)15-17-5-6-20-19(12-17)18(13-25-20)4-3-7-27-8-10-28(11-9-27)22-21(31-2)14-24-16-26-22;5-3(6)1-2-4(7)8/h5-6,12-14,16,23,25H,3-4,7-11,15H2,1-2H3;1-2H,(H,5,6)(H,7,8)/b;2-1+. The largest absolute Gasteiger partial charge is 0.491 e. The zero-order valence-electron chi connectivity index (χ0n) is 22.4. The van der Waals surface area contributed by atoms with Crippen LogP contribution in [0.3, 0.4) is 0 Å². The first kappa shape index (κ1) is 30.5. The van der Waals surface area contributed by atoms with E-state index in [1.165, 1.54) is 12.6 Å². The molecule has 14 heteroatoms. The zero-order chi connectivity index (χ0) is 29.1. The molecule has 4 rings (SSSR count). The average Bonchev–Trinajstić information content (AvgIpc) is 3.34. The molecule has 1 saturated heterocycles. The number of nitrogens with zero attached hydrogens (tertiary/aromatic N) is 4. The van der Waals surface area contributed by atoms with Crippen LogP contribution in [-0.4, -0.2) is 97.3 Å². The third kappa shape index (κ3) is 9.03. The number of aromatic nitrogens is 3. The molecule has 0 amide bonds. The van der Waals surface area contributed by atoms with Crippen LogP contribution in [0.2, 0.25) is 0 Å². The molecule has 0 spiro atoms. The summed E-state index contributed by atoms with van der Waals surface area (Å²) in [7, 11) is -0.196. The monoisotopic (exact) mass is 574 g/mol. The number of ether oxygens (including phenoxy) is 1. The smallest absolute Gasteiger partial charge is 0.328 e. The molecule has 3 heterocycles. The van der Waals surface area contributed by atoms with Crippen molar-refractivity contribution in [2.45, 2.75) is 18.6 Å². The number of aryl methyl sites for hydroxylation is 1. The van der Waals surface area contributed by atoms with Crippen LogP contribution >= 0.6 is 0 Å². The van der Waals surface area contributed by atoms with Crippen molar-refractivity contribution in [3.8, 4) is 5.75 Å². The van der Waals surface area contributed by atoms with Gasteiger partial charge in [0, 0.05) is 55.4 Å². The van der Waals surface area contributed by atoms with E-state index in [-0.39, 0.29) is 5.75 Å². The van der Waals surface area contributed by atoms with Gasteiger partial charge in [0.2, 0.25) is 10.0 Å². The first-order chi connectivity index (χ1) is 19.1. The Morgan fingerprint density at radius 2 is 1.85 bits per heavy atom. The number of H-pyrrole nitrogens is 1. The lowest BCUT2D eigenvalue weighted by atomic mass is 10.1. The fourth-order valence-electron chi connectivity index (χ4n) is 4.32. The molecule has 0 saturated carbocycles. The number of fused-ring (bicyclic) bond motifs is 1. The molecule has 1 aliphatic heterocycles. The quantitative estimate of drug-likeness (QED) is 0.244. The number of aliphatic carboxylic acids is 2. The summed E-state index contributed by atoms with van der Waals surface area (Å²) in [6.07, 6.45) is 8.41. The maximum Gasteiger partial charge on any atom is 0.328 e. The molecule has 216 valence electrons. The third-order valence-corrected chi connectivity index (χ3v) is 7.67. The normalized spacial score (nSPS) is 14.2. The van der Waals surface area contributed by atoms with E-state index in [0.29, 0.717) is 17.9 Å². The topological polar surface area (TPSA) is 178 Å².